The highest BCUT2D eigenvalue weighted by molar-refractivity contribution is 5.93. The van der Waals surface area contributed by atoms with Gasteiger partial charge in [-0.3, -0.25) is 4.79 Å². The molecule has 1 amide bonds. The van der Waals surface area contributed by atoms with Gasteiger partial charge in [-0.25, -0.2) is 0 Å². The second-order valence-electron chi connectivity index (χ2n) is 5.48. The fourth-order valence-electron chi connectivity index (χ4n) is 2.12. The van der Waals surface area contributed by atoms with Crippen molar-refractivity contribution in [2.24, 2.45) is 0 Å². The number of amides is 1. The van der Waals surface area contributed by atoms with E-state index in [9.17, 15) is 4.79 Å². The number of para-hydroxylation sites is 2. The Morgan fingerprint density at radius 2 is 1.90 bits per heavy atom. The third kappa shape index (κ3) is 7.11. The molecule has 1 aromatic carbocycles. The highest BCUT2D eigenvalue weighted by Crippen LogP contribution is 2.16. The van der Waals surface area contributed by atoms with E-state index >= 15 is 0 Å². The van der Waals surface area contributed by atoms with Crippen LogP contribution >= 0.6 is 0 Å². The first-order valence-electron chi connectivity index (χ1n) is 7.54. The van der Waals surface area contributed by atoms with Crippen LogP contribution in [0.15, 0.2) is 24.3 Å². The van der Waals surface area contributed by atoms with Crippen LogP contribution < -0.4 is 11.1 Å². The van der Waals surface area contributed by atoms with E-state index in [1.165, 1.54) is 0 Å². The Morgan fingerprint density at radius 3 is 2.52 bits per heavy atom. The van der Waals surface area contributed by atoms with Gasteiger partial charge in [0.1, 0.15) is 0 Å². The van der Waals surface area contributed by atoms with Gasteiger partial charge in [0.15, 0.2) is 0 Å². The van der Waals surface area contributed by atoms with Gasteiger partial charge in [-0.15, -0.1) is 0 Å². The lowest BCUT2D eigenvalue weighted by atomic mass is 10.2. The second kappa shape index (κ2) is 9.37. The van der Waals surface area contributed by atoms with Crippen molar-refractivity contribution in [3.63, 3.8) is 0 Å². The lowest BCUT2D eigenvalue weighted by Gasteiger charge is -2.21. The van der Waals surface area contributed by atoms with Crippen molar-refractivity contribution in [2.75, 3.05) is 51.3 Å². The van der Waals surface area contributed by atoms with Crippen LogP contribution in [0.1, 0.15) is 19.8 Å². The zero-order valence-electron chi connectivity index (χ0n) is 13.4. The van der Waals surface area contributed by atoms with Gasteiger partial charge in [0.25, 0.3) is 0 Å². The minimum absolute atomic E-state index is 0.0129. The zero-order chi connectivity index (χ0) is 15.7. The number of nitrogen functional groups attached to an aromatic ring is 1. The molecule has 1 aromatic rings. The van der Waals surface area contributed by atoms with Crippen molar-refractivity contribution >= 4 is 17.3 Å². The first-order valence-corrected chi connectivity index (χ1v) is 7.54. The number of nitrogens with two attached hydrogens (primary N) is 1. The van der Waals surface area contributed by atoms with E-state index in [1.807, 2.05) is 18.2 Å². The van der Waals surface area contributed by atoms with Crippen LogP contribution in [0.5, 0.6) is 0 Å². The van der Waals surface area contributed by atoms with E-state index in [0.717, 1.165) is 32.6 Å². The number of hydrogen-bond donors (Lipinski definition) is 2. The summed E-state index contributed by atoms with van der Waals surface area (Å²) < 4.78 is 0. The summed E-state index contributed by atoms with van der Waals surface area (Å²) in [5, 5.41) is 2.87. The van der Waals surface area contributed by atoms with Crippen LogP contribution in [0.4, 0.5) is 11.4 Å². The second-order valence-corrected chi connectivity index (χ2v) is 5.48. The number of hydrogen-bond acceptors (Lipinski definition) is 4. The van der Waals surface area contributed by atoms with E-state index in [4.69, 9.17) is 5.73 Å². The Morgan fingerprint density at radius 1 is 1.19 bits per heavy atom. The van der Waals surface area contributed by atoms with Crippen LogP contribution in [0.3, 0.4) is 0 Å². The van der Waals surface area contributed by atoms with Crippen LogP contribution in [-0.2, 0) is 4.79 Å². The van der Waals surface area contributed by atoms with Crippen molar-refractivity contribution in [2.45, 2.75) is 19.8 Å². The maximum absolute atomic E-state index is 12.0. The Hall–Kier alpha value is -1.59. The molecule has 0 spiro atoms. The summed E-state index contributed by atoms with van der Waals surface area (Å²) in [6.07, 6.45) is 1.61. The molecule has 0 saturated heterocycles. The number of carbonyl (C=O) groups excluding carboxylic acids is 1. The van der Waals surface area contributed by atoms with Gasteiger partial charge in [-0.1, -0.05) is 19.1 Å². The number of anilines is 2. The van der Waals surface area contributed by atoms with Crippen LogP contribution in [0, 0.1) is 0 Å². The van der Waals surface area contributed by atoms with E-state index in [-0.39, 0.29) is 5.91 Å². The molecule has 0 radical (unpaired) electrons. The molecule has 0 fully saturated rings. The molecule has 1 rings (SSSR count). The molecule has 0 atom stereocenters. The highest BCUT2D eigenvalue weighted by Gasteiger charge is 2.08. The Balaban J connectivity index is 2.32. The van der Waals surface area contributed by atoms with E-state index in [2.05, 4.69) is 36.1 Å². The summed E-state index contributed by atoms with van der Waals surface area (Å²) in [5.41, 5.74) is 7.11. The van der Waals surface area contributed by atoms with E-state index < -0.39 is 0 Å². The van der Waals surface area contributed by atoms with Crippen molar-refractivity contribution in [1.82, 2.24) is 9.80 Å². The minimum atomic E-state index is 0.0129. The Bertz CT molecular complexity index is 434. The van der Waals surface area contributed by atoms with Gasteiger partial charge in [-0.2, -0.15) is 0 Å². The summed E-state index contributed by atoms with van der Waals surface area (Å²) in [7, 11) is 4.15. The van der Waals surface area contributed by atoms with Gasteiger partial charge in [0.2, 0.25) is 5.91 Å². The average molecular weight is 292 g/mol. The Kier molecular flexibility index (Phi) is 7.79. The molecule has 0 saturated carbocycles. The molecular formula is C16H28N4O. The quantitative estimate of drug-likeness (QED) is 0.682. The Labute approximate surface area is 128 Å². The molecule has 21 heavy (non-hydrogen) atoms. The molecule has 3 N–H and O–H groups in total. The van der Waals surface area contributed by atoms with E-state index in [1.54, 1.807) is 6.07 Å². The molecule has 0 aliphatic heterocycles. The predicted molar refractivity (Wildman–Crippen MR) is 89.4 cm³/mol. The molecule has 118 valence electrons. The van der Waals surface area contributed by atoms with Crippen LogP contribution in [0.2, 0.25) is 0 Å². The average Bonchev–Trinajstić information content (AvgIpc) is 2.44. The SMILES string of the molecule is CCN(CCCN(C)C)CCC(=O)Nc1ccccc1N. The maximum Gasteiger partial charge on any atom is 0.225 e. The summed E-state index contributed by atoms with van der Waals surface area (Å²) >= 11 is 0. The third-order valence-corrected chi connectivity index (χ3v) is 3.42. The maximum atomic E-state index is 12.0. The van der Waals surface area contributed by atoms with Gasteiger partial charge < -0.3 is 20.9 Å². The molecule has 0 unspecified atom stereocenters. The number of nitrogens with one attached hydrogen (secondary N) is 1. The number of nitrogens with zero attached hydrogens (tertiary/aromatic N) is 2. The molecule has 0 aliphatic rings. The number of carbonyl (C=O) groups is 1. The molecule has 5 heteroatoms. The van der Waals surface area contributed by atoms with Gasteiger partial charge in [0, 0.05) is 13.0 Å². The fraction of sp³-hybridized carbons (Fsp3) is 0.562. The number of rotatable bonds is 9. The molecule has 0 bridgehead atoms. The summed E-state index contributed by atoms with van der Waals surface area (Å²) in [4.78, 5) is 16.4. The normalized spacial score (nSPS) is 11.1. The molecule has 0 heterocycles. The summed E-state index contributed by atoms with van der Waals surface area (Å²) in [5.74, 6) is 0.0129. The predicted octanol–water partition coefficient (Wildman–Crippen LogP) is 1.87. The first-order chi connectivity index (χ1) is 10.0. The van der Waals surface area contributed by atoms with Crippen molar-refractivity contribution < 1.29 is 4.79 Å². The summed E-state index contributed by atoms with van der Waals surface area (Å²) in [6, 6.07) is 7.33. The first kappa shape index (κ1) is 17.5. The van der Waals surface area contributed by atoms with Crippen molar-refractivity contribution in [3.8, 4) is 0 Å². The third-order valence-electron chi connectivity index (χ3n) is 3.42. The number of benzene rings is 1. The van der Waals surface area contributed by atoms with E-state index in [0.29, 0.717) is 17.8 Å². The fourth-order valence-corrected chi connectivity index (χ4v) is 2.12. The van der Waals surface area contributed by atoms with Crippen LogP contribution in [0.25, 0.3) is 0 Å². The largest absolute Gasteiger partial charge is 0.397 e. The monoisotopic (exact) mass is 292 g/mol. The van der Waals surface area contributed by atoms with Crippen molar-refractivity contribution in [3.05, 3.63) is 24.3 Å². The molecule has 0 aromatic heterocycles. The highest BCUT2D eigenvalue weighted by atomic mass is 16.1. The topological polar surface area (TPSA) is 61.6 Å². The zero-order valence-corrected chi connectivity index (χ0v) is 13.4. The minimum Gasteiger partial charge on any atom is -0.397 e. The van der Waals surface area contributed by atoms with Gasteiger partial charge in [0.05, 0.1) is 11.4 Å². The lowest BCUT2D eigenvalue weighted by molar-refractivity contribution is -0.116. The smallest absolute Gasteiger partial charge is 0.225 e. The van der Waals surface area contributed by atoms with Crippen LogP contribution in [-0.4, -0.2) is 56.0 Å². The van der Waals surface area contributed by atoms with Gasteiger partial charge in [-0.05, 0) is 52.3 Å². The van der Waals surface area contributed by atoms with Gasteiger partial charge >= 0.3 is 0 Å². The molecule has 5 nitrogen and oxygen atoms in total. The molecular weight excluding hydrogens is 264 g/mol. The standard InChI is InChI=1S/C16H28N4O/c1-4-20(12-7-11-19(2)3)13-10-16(21)18-15-9-6-5-8-14(15)17/h5-6,8-9H,4,7,10-13,17H2,1-3H3,(H,18,21). The molecule has 0 aliphatic carbocycles. The summed E-state index contributed by atoms with van der Waals surface area (Å²) in [6.45, 7) is 5.97. The lowest BCUT2D eigenvalue weighted by Crippen LogP contribution is -2.30. The van der Waals surface area contributed by atoms with Crippen molar-refractivity contribution in [1.29, 1.82) is 0 Å².